The molecule has 3 nitrogen and oxygen atoms in total. The molecule has 33 heavy (non-hydrogen) atoms. The van der Waals surface area contributed by atoms with Crippen molar-refractivity contribution < 1.29 is 4.74 Å². The zero-order chi connectivity index (χ0) is 21.8. The van der Waals surface area contributed by atoms with E-state index in [0.29, 0.717) is 17.7 Å². The first-order valence-corrected chi connectivity index (χ1v) is 15.5. The summed E-state index contributed by atoms with van der Waals surface area (Å²) in [6.45, 7) is 4.84. The van der Waals surface area contributed by atoms with Gasteiger partial charge in [0.05, 0.1) is 6.10 Å². The van der Waals surface area contributed by atoms with Crippen LogP contribution in [0.2, 0.25) is 17.5 Å². The van der Waals surface area contributed by atoms with Gasteiger partial charge in [0.2, 0.25) is 0 Å². The summed E-state index contributed by atoms with van der Waals surface area (Å²) in [6.07, 6.45) is 24.6. The Bertz CT molecular complexity index is 647. The van der Waals surface area contributed by atoms with Crippen LogP contribution in [0.1, 0.15) is 103 Å². The highest BCUT2D eigenvalue weighted by Crippen LogP contribution is 2.72. The van der Waals surface area contributed by atoms with Crippen molar-refractivity contribution in [2.24, 2.45) is 29.1 Å². The SMILES string of the molecule is C1CCC(B2C3CCCCC3C3(C4CCCCC4OC4NCCCC43)C3CNCCC23)CC1. The molecule has 3 aliphatic carbocycles. The van der Waals surface area contributed by atoms with E-state index in [4.69, 9.17) is 4.74 Å². The summed E-state index contributed by atoms with van der Waals surface area (Å²) in [5.74, 6) is 6.60. The third-order valence-electron chi connectivity index (χ3n) is 12.5. The third kappa shape index (κ3) is 3.39. The van der Waals surface area contributed by atoms with Crippen molar-refractivity contribution in [1.29, 1.82) is 0 Å². The fourth-order valence-electron chi connectivity index (χ4n) is 11.8. The number of nitrogens with one attached hydrogen (secondary N) is 2. The number of ether oxygens (including phenoxy) is 1. The lowest BCUT2D eigenvalue weighted by molar-refractivity contribution is -0.261. The summed E-state index contributed by atoms with van der Waals surface area (Å²) in [5, 5.41) is 7.95. The molecule has 9 unspecified atom stereocenters. The van der Waals surface area contributed by atoms with Gasteiger partial charge in [-0.25, -0.2) is 0 Å². The van der Waals surface area contributed by atoms with E-state index in [-0.39, 0.29) is 0 Å². The summed E-state index contributed by atoms with van der Waals surface area (Å²) in [4.78, 5) is 0. The average molecular weight is 453 g/mol. The van der Waals surface area contributed by atoms with E-state index in [1.165, 1.54) is 96.7 Å². The molecule has 4 saturated heterocycles. The number of rotatable bonds is 1. The van der Waals surface area contributed by atoms with E-state index < -0.39 is 0 Å². The Labute approximate surface area is 203 Å². The first kappa shape index (κ1) is 22.2. The second-order valence-corrected chi connectivity index (χ2v) is 13.5. The molecule has 7 aliphatic rings. The fourth-order valence-corrected chi connectivity index (χ4v) is 11.8. The van der Waals surface area contributed by atoms with Gasteiger partial charge in [0.15, 0.2) is 0 Å². The van der Waals surface area contributed by atoms with E-state index in [2.05, 4.69) is 10.6 Å². The highest BCUT2D eigenvalue weighted by atomic mass is 16.5. The molecular formula is C29H49BN2O. The normalized spacial score (nSPS) is 50.7. The van der Waals surface area contributed by atoms with E-state index >= 15 is 0 Å². The predicted octanol–water partition coefficient (Wildman–Crippen LogP) is 6.27. The summed E-state index contributed by atoms with van der Waals surface area (Å²) in [6, 6.07) is 0. The Hall–Kier alpha value is -0.0551. The van der Waals surface area contributed by atoms with Gasteiger partial charge in [-0.2, -0.15) is 0 Å². The lowest BCUT2D eigenvalue weighted by atomic mass is 9.15. The molecule has 9 atom stereocenters. The number of hydrogen-bond acceptors (Lipinski definition) is 3. The van der Waals surface area contributed by atoms with Gasteiger partial charge >= 0.3 is 0 Å². The summed E-state index contributed by atoms with van der Waals surface area (Å²) < 4.78 is 6.99. The van der Waals surface area contributed by atoms with Crippen LogP contribution in [0.25, 0.3) is 0 Å². The van der Waals surface area contributed by atoms with Crippen molar-refractivity contribution in [2.75, 3.05) is 19.6 Å². The first-order chi connectivity index (χ1) is 16.4. The zero-order valence-corrected chi connectivity index (χ0v) is 21.1. The smallest absolute Gasteiger partial charge is 0.150 e. The van der Waals surface area contributed by atoms with Gasteiger partial charge in [0.25, 0.3) is 0 Å². The number of fused-ring (bicyclic) bond motifs is 8. The Kier molecular flexibility index (Phi) is 6.12. The van der Waals surface area contributed by atoms with Crippen molar-refractivity contribution in [1.82, 2.24) is 10.6 Å². The van der Waals surface area contributed by atoms with E-state index in [1.807, 2.05) is 0 Å². The quantitative estimate of drug-likeness (QED) is 0.460. The molecule has 7 fully saturated rings. The van der Waals surface area contributed by atoms with Gasteiger partial charge in [-0.3, -0.25) is 5.32 Å². The average Bonchev–Trinajstić information content (AvgIpc) is 2.89. The molecule has 0 amide bonds. The molecule has 2 N–H and O–H groups in total. The minimum atomic E-state index is 0.356. The molecule has 184 valence electrons. The van der Waals surface area contributed by atoms with Crippen molar-refractivity contribution in [3.8, 4) is 0 Å². The molecule has 4 heterocycles. The van der Waals surface area contributed by atoms with Crippen molar-refractivity contribution in [3.63, 3.8) is 0 Å². The molecule has 7 rings (SSSR count). The predicted molar refractivity (Wildman–Crippen MR) is 137 cm³/mol. The molecule has 0 radical (unpaired) electrons. The van der Waals surface area contributed by atoms with Gasteiger partial charge in [0.1, 0.15) is 12.9 Å². The highest BCUT2D eigenvalue weighted by molar-refractivity contribution is 6.64. The molecule has 1 spiro atoms. The second kappa shape index (κ2) is 9.11. The Morgan fingerprint density at radius 3 is 2.24 bits per heavy atom. The lowest BCUT2D eigenvalue weighted by Crippen LogP contribution is -2.72. The molecule has 0 bridgehead atoms. The maximum absolute atomic E-state index is 6.99. The Morgan fingerprint density at radius 1 is 0.606 bits per heavy atom. The van der Waals surface area contributed by atoms with Crippen molar-refractivity contribution >= 4 is 6.71 Å². The largest absolute Gasteiger partial charge is 0.360 e. The standard InChI is InChI=1S/C29H49BN2O/c1-2-9-20(10-3-1)30-25-14-6-4-11-21(25)29(24-19-31-18-16-26(24)30)22-12-5-7-15-27(22)33-28-23(29)13-8-17-32-28/h20-28,31-32H,1-19H2. The fraction of sp³-hybridized carbons (Fsp3) is 1.00. The van der Waals surface area contributed by atoms with E-state index in [9.17, 15) is 0 Å². The third-order valence-corrected chi connectivity index (χ3v) is 12.5. The van der Waals surface area contributed by atoms with Crippen LogP contribution in [0, 0.1) is 29.1 Å². The molecule has 0 aromatic heterocycles. The maximum atomic E-state index is 6.99. The first-order valence-electron chi connectivity index (χ1n) is 15.5. The van der Waals surface area contributed by atoms with Gasteiger partial charge < -0.3 is 10.1 Å². The lowest BCUT2D eigenvalue weighted by Gasteiger charge is -2.71. The molecule has 0 aromatic carbocycles. The summed E-state index contributed by atoms with van der Waals surface area (Å²) >= 11 is 0. The van der Waals surface area contributed by atoms with Crippen molar-refractivity contribution in [2.45, 2.75) is 133 Å². The van der Waals surface area contributed by atoms with Crippen LogP contribution in [0.15, 0.2) is 0 Å². The van der Waals surface area contributed by atoms with Crippen LogP contribution in [0.3, 0.4) is 0 Å². The van der Waals surface area contributed by atoms with Crippen LogP contribution < -0.4 is 10.6 Å². The van der Waals surface area contributed by atoms with Crippen LogP contribution in [-0.4, -0.2) is 38.7 Å². The van der Waals surface area contributed by atoms with Gasteiger partial charge in [-0.05, 0) is 74.9 Å². The Morgan fingerprint density at radius 2 is 1.33 bits per heavy atom. The van der Waals surface area contributed by atoms with E-state index in [0.717, 1.165) is 47.8 Å². The molecule has 4 aliphatic heterocycles. The number of hydrogen-bond donors (Lipinski definition) is 2. The minimum absolute atomic E-state index is 0.356. The molecule has 3 saturated carbocycles. The topological polar surface area (TPSA) is 33.3 Å². The van der Waals surface area contributed by atoms with Crippen LogP contribution in [0.5, 0.6) is 0 Å². The second-order valence-electron chi connectivity index (χ2n) is 13.5. The van der Waals surface area contributed by atoms with Gasteiger partial charge in [0, 0.05) is 5.92 Å². The zero-order valence-electron chi connectivity index (χ0n) is 21.1. The van der Waals surface area contributed by atoms with E-state index in [1.54, 1.807) is 25.7 Å². The summed E-state index contributed by atoms with van der Waals surface area (Å²) in [7, 11) is 0. The summed E-state index contributed by atoms with van der Waals surface area (Å²) in [5.41, 5.74) is 0.551. The Balaban J connectivity index is 1.36. The highest BCUT2D eigenvalue weighted by Gasteiger charge is 2.69. The van der Waals surface area contributed by atoms with Crippen LogP contribution >= 0.6 is 0 Å². The van der Waals surface area contributed by atoms with Gasteiger partial charge in [-0.15, -0.1) is 0 Å². The minimum Gasteiger partial charge on any atom is -0.360 e. The van der Waals surface area contributed by atoms with Crippen molar-refractivity contribution in [3.05, 3.63) is 0 Å². The molecular weight excluding hydrogens is 403 g/mol. The van der Waals surface area contributed by atoms with Crippen LogP contribution in [0.4, 0.5) is 0 Å². The maximum Gasteiger partial charge on any atom is 0.150 e. The molecule has 4 heteroatoms. The van der Waals surface area contributed by atoms with Gasteiger partial charge in [-0.1, -0.05) is 88.1 Å². The number of piperidine rings is 2. The van der Waals surface area contributed by atoms with Crippen LogP contribution in [-0.2, 0) is 4.74 Å². The molecule has 0 aromatic rings. The monoisotopic (exact) mass is 452 g/mol.